The molecule has 0 atom stereocenters. The van der Waals surface area contributed by atoms with Crippen LogP contribution in [-0.4, -0.2) is 25.1 Å². The third-order valence-corrected chi connectivity index (χ3v) is 4.14. The maximum Gasteiger partial charge on any atom is 0.258 e. The molecule has 0 bridgehead atoms. The molecule has 0 saturated heterocycles. The maximum absolute atomic E-state index is 11.8. The molecule has 122 valence electrons. The summed E-state index contributed by atoms with van der Waals surface area (Å²) in [4.78, 5) is 16.0. The second-order valence-electron chi connectivity index (χ2n) is 5.49. The molecule has 0 spiro atoms. The average Bonchev–Trinajstić information content (AvgIpc) is 2.56. The number of fused-ring (bicyclic) bond motifs is 2. The van der Waals surface area contributed by atoms with Crippen LogP contribution in [0.5, 0.6) is 11.5 Å². The zero-order valence-corrected chi connectivity index (χ0v) is 13.8. The van der Waals surface area contributed by atoms with Crippen LogP contribution in [0.2, 0.25) is 5.02 Å². The molecule has 1 aromatic rings. The lowest BCUT2D eigenvalue weighted by Crippen LogP contribution is -2.37. The van der Waals surface area contributed by atoms with Crippen molar-refractivity contribution in [3.8, 4) is 11.5 Å². The van der Waals surface area contributed by atoms with Crippen LogP contribution < -0.4 is 14.8 Å². The largest absolute Gasteiger partial charge is 0.492 e. The van der Waals surface area contributed by atoms with Crippen LogP contribution in [0.1, 0.15) is 38.2 Å². The summed E-state index contributed by atoms with van der Waals surface area (Å²) < 4.78 is 11.5. The Balaban J connectivity index is 1.77. The van der Waals surface area contributed by atoms with Crippen molar-refractivity contribution >= 4 is 29.5 Å². The molecule has 1 N–H and O–H groups in total. The molecule has 23 heavy (non-hydrogen) atoms. The highest BCUT2D eigenvalue weighted by atomic mass is 35.5. The van der Waals surface area contributed by atoms with Crippen LogP contribution in [0.3, 0.4) is 0 Å². The zero-order valence-electron chi connectivity index (χ0n) is 13.0. The van der Waals surface area contributed by atoms with Crippen molar-refractivity contribution in [1.82, 2.24) is 5.32 Å². The topological polar surface area (TPSA) is 59.9 Å². The van der Waals surface area contributed by atoms with Gasteiger partial charge in [-0.3, -0.25) is 4.79 Å². The minimum absolute atomic E-state index is 0.187. The molecule has 2 aliphatic heterocycles. The fraction of sp³-hybridized carbons (Fsp3) is 0.412. The van der Waals surface area contributed by atoms with Crippen LogP contribution in [-0.2, 0) is 4.79 Å². The minimum atomic E-state index is -0.187. The number of nitrogens with one attached hydrogen (secondary N) is 1. The third-order valence-electron chi connectivity index (χ3n) is 3.78. The van der Waals surface area contributed by atoms with Crippen molar-refractivity contribution in [1.29, 1.82) is 0 Å². The summed E-state index contributed by atoms with van der Waals surface area (Å²) in [5, 5.41) is 3.07. The lowest BCUT2D eigenvalue weighted by Gasteiger charge is -2.23. The van der Waals surface area contributed by atoms with Gasteiger partial charge in [-0.15, -0.1) is 0 Å². The lowest BCUT2D eigenvalue weighted by atomic mass is 10.1. The first-order valence-corrected chi connectivity index (χ1v) is 8.26. The number of nitrogens with zero attached hydrogens (tertiary/aromatic N) is 1. The average molecular weight is 335 g/mol. The number of benzene rings is 1. The Kier molecular flexibility index (Phi) is 4.86. The molecule has 2 aliphatic rings. The van der Waals surface area contributed by atoms with Gasteiger partial charge in [-0.05, 0) is 24.6 Å². The van der Waals surface area contributed by atoms with Gasteiger partial charge in [-0.25, -0.2) is 4.99 Å². The van der Waals surface area contributed by atoms with Crippen LogP contribution >= 0.6 is 11.6 Å². The highest BCUT2D eigenvalue weighted by Crippen LogP contribution is 2.41. The number of aliphatic imine (C=N–C) groups is 1. The monoisotopic (exact) mass is 334 g/mol. The van der Waals surface area contributed by atoms with Gasteiger partial charge in [0.05, 0.1) is 6.61 Å². The number of carbonyl (C=O) groups excluding carboxylic acids is 1. The summed E-state index contributed by atoms with van der Waals surface area (Å²) in [5.74, 6) is 1.21. The zero-order chi connectivity index (χ0) is 16.2. The summed E-state index contributed by atoms with van der Waals surface area (Å²) >= 11 is 6.40. The predicted molar refractivity (Wildman–Crippen MR) is 90.1 cm³/mol. The minimum Gasteiger partial charge on any atom is -0.492 e. The van der Waals surface area contributed by atoms with Gasteiger partial charge in [0.15, 0.2) is 5.75 Å². The van der Waals surface area contributed by atoms with Crippen LogP contribution in [0, 0.1) is 0 Å². The van der Waals surface area contributed by atoms with Gasteiger partial charge in [-0.2, -0.15) is 0 Å². The molecule has 1 amide bonds. The first-order chi connectivity index (χ1) is 11.2. The summed E-state index contributed by atoms with van der Waals surface area (Å²) in [6.45, 7) is 3.02. The van der Waals surface area contributed by atoms with E-state index >= 15 is 0 Å². The molecule has 3 rings (SSSR count). The van der Waals surface area contributed by atoms with E-state index in [4.69, 9.17) is 21.1 Å². The summed E-state index contributed by atoms with van der Waals surface area (Å²) in [6, 6.07) is 3.65. The Morgan fingerprint density at radius 1 is 1.35 bits per heavy atom. The smallest absolute Gasteiger partial charge is 0.258 e. The van der Waals surface area contributed by atoms with Crippen LogP contribution in [0.25, 0.3) is 6.08 Å². The van der Waals surface area contributed by atoms with E-state index in [-0.39, 0.29) is 12.6 Å². The fourth-order valence-corrected chi connectivity index (χ4v) is 2.79. The molecule has 0 fully saturated rings. The number of halogens is 1. The van der Waals surface area contributed by atoms with Gasteiger partial charge >= 0.3 is 0 Å². The standard InChI is InChI=1S/C17H19ClN2O3/c1-2-3-4-5-8-22-13-7-6-11-9-12-16(21)19-10-20-17(12)23-15(11)14(13)18/h6-7,9H,2-5,8,10H2,1H3,(H,19,21). The van der Waals surface area contributed by atoms with Crippen molar-refractivity contribution in [2.45, 2.75) is 32.6 Å². The van der Waals surface area contributed by atoms with Gasteiger partial charge in [0.2, 0.25) is 5.90 Å². The molecule has 0 aromatic heterocycles. The fourth-order valence-electron chi connectivity index (χ4n) is 2.52. The molecule has 1 aromatic carbocycles. The molecule has 0 saturated carbocycles. The molecule has 0 unspecified atom stereocenters. The second kappa shape index (κ2) is 7.04. The number of ether oxygens (including phenoxy) is 2. The van der Waals surface area contributed by atoms with Crippen LogP contribution in [0.4, 0.5) is 0 Å². The number of carbonyl (C=O) groups is 1. The predicted octanol–water partition coefficient (Wildman–Crippen LogP) is 3.56. The van der Waals surface area contributed by atoms with E-state index in [1.807, 2.05) is 12.1 Å². The van der Waals surface area contributed by atoms with Crippen molar-refractivity contribution in [3.05, 3.63) is 28.3 Å². The number of amides is 1. The number of rotatable bonds is 6. The Labute approximate surface area is 140 Å². The maximum atomic E-state index is 11.8. The van der Waals surface area contributed by atoms with Crippen molar-refractivity contribution in [3.63, 3.8) is 0 Å². The molecule has 0 aliphatic carbocycles. The first-order valence-electron chi connectivity index (χ1n) is 7.88. The first kappa shape index (κ1) is 15.9. The number of hydrogen-bond acceptors (Lipinski definition) is 4. The van der Waals surface area contributed by atoms with Gasteiger partial charge in [0, 0.05) is 5.56 Å². The normalized spacial score (nSPS) is 15.7. The van der Waals surface area contributed by atoms with E-state index in [1.165, 1.54) is 12.8 Å². The van der Waals surface area contributed by atoms with Gasteiger partial charge < -0.3 is 14.8 Å². The van der Waals surface area contributed by atoms with E-state index in [0.717, 1.165) is 18.4 Å². The van der Waals surface area contributed by atoms with E-state index in [1.54, 1.807) is 6.08 Å². The van der Waals surface area contributed by atoms with Crippen LogP contribution in [0.15, 0.2) is 22.7 Å². The Morgan fingerprint density at radius 2 is 2.22 bits per heavy atom. The van der Waals surface area contributed by atoms with E-state index in [0.29, 0.717) is 34.6 Å². The molecule has 6 heteroatoms. The van der Waals surface area contributed by atoms with Gasteiger partial charge in [0.25, 0.3) is 5.91 Å². The second-order valence-corrected chi connectivity index (χ2v) is 5.87. The summed E-state index contributed by atoms with van der Waals surface area (Å²) in [7, 11) is 0. The molecule has 5 nitrogen and oxygen atoms in total. The van der Waals surface area contributed by atoms with Gasteiger partial charge in [0.1, 0.15) is 23.0 Å². The Hall–Kier alpha value is -2.01. The quantitative estimate of drug-likeness (QED) is 0.809. The summed E-state index contributed by atoms with van der Waals surface area (Å²) in [6.07, 6.45) is 6.29. The highest BCUT2D eigenvalue weighted by molar-refractivity contribution is 6.35. The number of hydrogen-bond donors (Lipinski definition) is 1. The SMILES string of the molecule is CCCCCCOc1ccc2c(c1Cl)OC1=NCNC(=O)C1=C2. The van der Waals surface area contributed by atoms with Gasteiger partial charge in [-0.1, -0.05) is 37.8 Å². The van der Waals surface area contributed by atoms with Crippen molar-refractivity contribution in [2.24, 2.45) is 4.99 Å². The molecular formula is C17H19ClN2O3. The molecule has 0 radical (unpaired) electrons. The number of unbranched alkanes of at least 4 members (excludes halogenated alkanes) is 3. The lowest BCUT2D eigenvalue weighted by molar-refractivity contribution is -0.117. The van der Waals surface area contributed by atoms with Crippen molar-refractivity contribution < 1.29 is 14.3 Å². The third kappa shape index (κ3) is 3.34. The Bertz CT molecular complexity index is 683. The van der Waals surface area contributed by atoms with E-state index < -0.39 is 0 Å². The highest BCUT2D eigenvalue weighted by Gasteiger charge is 2.29. The molecular weight excluding hydrogens is 316 g/mol. The van der Waals surface area contributed by atoms with Crippen molar-refractivity contribution in [2.75, 3.05) is 13.3 Å². The van der Waals surface area contributed by atoms with E-state index in [9.17, 15) is 4.79 Å². The summed E-state index contributed by atoms with van der Waals surface area (Å²) in [5.41, 5.74) is 1.17. The molecule has 2 heterocycles. The van der Waals surface area contributed by atoms with E-state index in [2.05, 4.69) is 17.2 Å². The Morgan fingerprint density at radius 3 is 3.04 bits per heavy atom.